The van der Waals surface area contributed by atoms with E-state index in [2.05, 4.69) is 19.9 Å². The van der Waals surface area contributed by atoms with Crippen LogP contribution < -0.4 is 11.2 Å². The summed E-state index contributed by atoms with van der Waals surface area (Å²) in [6.45, 7) is 0. The van der Waals surface area contributed by atoms with Crippen molar-refractivity contribution >= 4 is 56.7 Å². The maximum Gasteiger partial charge on any atom is 0.326 e. The van der Waals surface area contributed by atoms with Crippen molar-refractivity contribution in [2.75, 3.05) is 0 Å². The van der Waals surface area contributed by atoms with Gasteiger partial charge in [-0.15, -0.1) is 36.2 Å². The van der Waals surface area contributed by atoms with Gasteiger partial charge in [-0.25, -0.2) is 14.8 Å². The number of rotatable bonds is 1. The third-order valence-corrected chi connectivity index (χ3v) is 3.98. The molecule has 0 atom stereocenters. The van der Waals surface area contributed by atoms with Crippen molar-refractivity contribution in [2.45, 2.75) is 0 Å². The minimum Gasteiger partial charge on any atom is -0.472 e. The van der Waals surface area contributed by atoms with Crippen molar-refractivity contribution in [1.82, 2.24) is 19.9 Å². The van der Waals surface area contributed by atoms with Crippen molar-refractivity contribution in [3.63, 3.8) is 0 Å². The second-order valence-electron chi connectivity index (χ2n) is 4.14. The van der Waals surface area contributed by atoms with Gasteiger partial charge in [-0.3, -0.25) is 9.78 Å². The second-order valence-corrected chi connectivity index (χ2v) is 5.13. The second kappa shape index (κ2) is 5.91. The quantitative estimate of drug-likeness (QED) is 0.543. The number of nitrogens with one attached hydrogen (secondary N) is 2. The van der Waals surface area contributed by atoms with Gasteiger partial charge in [0.2, 0.25) is 0 Å². The maximum absolute atomic E-state index is 11.7. The van der Waals surface area contributed by atoms with Gasteiger partial charge in [-0.1, -0.05) is 0 Å². The first-order valence-electron chi connectivity index (χ1n) is 5.67. The third-order valence-electron chi connectivity index (χ3n) is 2.89. The standard InChI is InChI=1S/C12H6N4O3S.2ClH/c17-10-9-7(15-12(18)16-10)8-11(20-9)13-3-6(14-8)5-1-2-19-4-5;;/h1-4H,(H2,15,16,17,18);2*1H. The Bertz CT molecular complexity index is 1050. The first kappa shape index (κ1) is 16.2. The summed E-state index contributed by atoms with van der Waals surface area (Å²) in [6, 6.07) is 1.76. The fraction of sp³-hybridized carbons (Fsp3) is 0. The van der Waals surface area contributed by atoms with E-state index >= 15 is 0 Å². The number of nitrogens with zero attached hydrogens (tertiary/aromatic N) is 2. The molecule has 0 amide bonds. The van der Waals surface area contributed by atoms with Gasteiger partial charge in [-0.2, -0.15) is 0 Å². The van der Waals surface area contributed by atoms with Crippen LogP contribution in [0, 0.1) is 0 Å². The van der Waals surface area contributed by atoms with Gasteiger partial charge < -0.3 is 9.40 Å². The molecule has 4 aromatic rings. The van der Waals surface area contributed by atoms with Crippen LogP contribution in [0.25, 0.3) is 31.8 Å². The fourth-order valence-electron chi connectivity index (χ4n) is 2.00. The highest BCUT2D eigenvalue weighted by Gasteiger charge is 2.13. The third kappa shape index (κ3) is 2.41. The molecule has 4 aromatic heterocycles. The van der Waals surface area contributed by atoms with Crippen molar-refractivity contribution in [1.29, 1.82) is 0 Å². The van der Waals surface area contributed by atoms with Gasteiger partial charge in [0.25, 0.3) is 5.56 Å². The van der Waals surface area contributed by atoms with Crippen LogP contribution in [0.2, 0.25) is 0 Å². The van der Waals surface area contributed by atoms with Crippen molar-refractivity contribution in [3.8, 4) is 11.3 Å². The molecular formula is C12H8Cl2N4O3S. The zero-order valence-corrected chi connectivity index (χ0v) is 13.1. The largest absolute Gasteiger partial charge is 0.472 e. The van der Waals surface area contributed by atoms with Crippen LogP contribution in [-0.4, -0.2) is 19.9 Å². The maximum atomic E-state index is 11.7. The molecule has 0 fully saturated rings. The van der Waals surface area contributed by atoms with E-state index in [0.29, 0.717) is 26.3 Å². The molecule has 0 bridgehead atoms. The van der Waals surface area contributed by atoms with Crippen molar-refractivity contribution < 1.29 is 4.42 Å². The molecule has 0 radical (unpaired) electrons. The number of thiophene rings is 1. The molecular weight excluding hydrogens is 351 g/mol. The monoisotopic (exact) mass is 358 g/mol. The summed E-state index contributed by atoms with van der Waals surface area (Å²) in [6.07, 6.45) is 4.70. The first-order valence-corrected chi connectivity index (χ1v) is 6.48. The summed E-state index contributed by atoms with van der Waals surface area (Å²) in [4.78, 5) is 37.3. The molecule has 10 heteroatoms. The van der Waals surface area contributed by atoms with Gasteiger partial charge in [0.15, 0.2) is 0 Å². The molecule has 0 aromatic carbocycles. The van der Waals surface area contributed by atoms with E-state index in [-0.39, 0.29) is 24.8 Å². The molecule has 22 heavy (non-hydrogen) atoms. The molecule has 7 nitrogen and oxygen atoms in total. The number of halogens is 2. The van der Waals surface area contributed by atoms with Crippen LogP contribution in [0.5, 0.6) is 0 Å². The molecule has 0 aliphatic rings. The molecule has 4 heterocycles. The molecule has 2 N–H and O–H groups in total. The molecule has 0 spiro atoms. The lowest BCUT2D eigenvalue weighted by Gasteiger charge is -1.95. The van der Waals surface area contributed by atoms with E-state index in [1.165, 1.54) is 11.3 Å². The average molecular weight is 359 g/mol. The van der Waals surface area contributed by atoms with Gasteiger partial charge in [0.05, 0.1) is 29.9 Å². The van der Waals surface area contributed by atoms with Gasteiger partial charge in [0.1, 0.15) is 15.0 Å². The van der Waals surface area contributed by atoms with Crippen LogP contribution in [0.15, 0.2) is 38.8 Å². The van der Waals surface area contributed by atoms with Crippen molar-refractivity contribution in [3.05, 3.63) is 45.6 Å². The summed E-state index contributed by atoms with van der Waals surface area (Å²) >= 11 is 1.19. The van der Waals surface area contributed by atoms with E-state index in [1.54, 1.807) is 24.8 Å². The van der Waals surface area contributed by atoms with Crippen LogP contribution in [-0.2, 0) is 0 Å². The fourth-order valence-corrected chi connectivity index (χ4v) is 2.94. The number of furan rings is 1. The predicted octanol–water partition coefficient (Wildman–Crippen LogP) is 2.32. The minimum absolute atomic E-state index is 0. The topological polar surface area (TPSA) is 105 Å². The van der Waals surface area contributed by atoms with Crippen LogP contribution >= 0.6 is 36.2 Å². The van der Waals surface area contributed by atoms with E-state index in [4.69, 9.17) is 4.42 Å². The summed E-state index contributed by atoms with van der Waals surface area (Å²) in [7, 11) is 0. The summed E-state index contributed by atoms with van der Waals surface area (Å²) < 4.78 is 5.42. The number of hydrogen-bond acceptors (Lipinski definition) is 6. The highest BCUT2D eigenvalue weighted by Crippen LogP contribution is 2.28. The zero-order chi connectivity index (χ0) is 13.7. The van der Waals surface area contributed by atoms with Crippen LogP contribution in [0.3, 0.4) is 0 Å². The Kier molecular flexibility index (Phi) is 4.36. The van der Waals surface area contributed by atoms with Gasteiger partial charge in [-0.05, 0) is 6.07 Å². The van der Waals surface area contributed by atoms with Crippen molar-refractivity contribution in [2.24, 2.45) is 0 Å². The average Bonchev–Trinajstić information content (AvgIpc) is 3.05. The summed E-state index contributed by atoms with van der Waals surface area (Å²) in [5.41, 5.74) is 1.33. The molecule has 114 valence electrons. The summed E-state index contributed by atoms with van der Waals surface area (Å²) in [5, 5.41) is 0. The zero-order valence-electron chi connectivity index (χ0n) is 10.7. The minimum atomic E-state index is -0.558. The highest BCUT2D eigenvalue weighted by atomic mass is 35.5. The Hall–Kier alpha value is -2.16. The normalized spacial score (nSPS) is 10.4. The summed E-state index contributed by atoms with van der Waals surface area (Å²) in [5.74, 6) is 0. The molecule has 0 aliphatic carbocycles. The Morgan fingerprint density at radius 2 is 2.00 bits per heavy atom. The number of fused-ring (bicyclic) bond motifs is 3. The molecule has 0 saturated heterocycles. The Balaban J connectivity index is 0.000000882. The van der Waals surface area contributed by atoms with Crippen LogP contribution in [0.1, 0.15) is 0 Å². The Morgan fingerprint density at radius 3 is 2.73 bits per heavy atom. The predicted molar refractivity (Wildman–Crippen MR) is 88.4 cm³/mol. The van der Waals surface area contributed by atoms with E-state index in [0.717, 1.165) is 5.56 Å². The molecule has 0 aliphatic heterocycles. The van der Waals surface area contributed by atoms with E-state index < -0.39 is 11.2 Å². The van der Waals surface area contributed by atoms with Crippen LogP contribution in [0.4, 0.5) is 0 Å². The lowest BCUT2D eigenvalue weighted by Crippen LogP contribution is -2.20. The lowest BCUT2D eigenvalue weighted by atomic mass is 10.2. The Morgan fingerprint density at radius 1 is 1.18 bits per heavy atom. The molecule has 4 rings (SSSR count). The van der Waals surface area contributed by atoms with Gasteiger partial charge in [0, 0.05) is 5.56 Å². The number of hydrogen-bond donors (Lipinski definition) is 2. The molecule has 0 unspecified atom stereocenters. The highest BCUT2D eigenvalue weighted by molar-refractivity contribution is 7.25. The Labute approximate surface area is 138 Å². The SMILES string of the molecule is Cl.Cl.O=c1[nH]c(=O)c2sc3ncc(-c4ccoc4)nc3c2[nH]1. The lowest BCUT2D eigenvalue weighted by molar-refractivity contribution is 0.568. The number of H-pyrrole nitrogens is 2. The van der Waals surface area contributed by atoms with E-state index in [1.807, 2.05) is 0 Å². The first-order chi connectivity index (χ1) is 9.72. The number of aromatic amines is 2. The van der Waals surface area contributed by atoms with Gasteiger partial charge >= 0.3 is 5.69 Å². The van der Waals surface area contributed by atoms with E-state index in [9.17, 15) is 9.59 Å². The molecule has 0 saturated carbocycles. The number of aromatic nitrogens is 4. The smallest absolute Gasteiger partial charge is 0.326 e.